The van der Waals surface area contributed by atoms with Crippen molar-refractivity contribution in [1.82, 2.24) is 19.5 Å². The Morgan fingerprint density at radius 3 is 2.29 bits per heavy atom. The zero-order valence-corrected chi connectivity index (χ0v) is 15.7. The SMILES string of the molecule is Cc1nc2ccc(-c3ccncc3)nc2n1-c1ccc(N2CCOCC2)cc1. The number of morpholine rings is 1. The molecule has 6 heteroatoms. The molecule has 0 aliphatic carbocycles. The van der Waals surface area contributed by atoms with Crippen LogP contribution in [-0.2, 0) is 4.74 Å². The van der Waals surface area contributed by atoms with Gasteiger partial charge in [0.15, 0.2) is 5.65 Å². The average Bonchev–Trinajstić information content (AvgIpc) is 3.10. The van der Waals surface area contributed by atoms with Crippen molar-refractivity contribution in [2.75, 3.05) is 31.2 Å². The number of hydrogen-bond donors (Lipinski definition) is 0. The number of ether oxygens (including phenoxy) is 1. The summed E-state index contributed by atoms with van der Waals surface area (Å²) in [5.41, 5.74) is 6.01. The molecule has 1 aromatic carbocycles. The minimum atomic E-state index is 0.786. The lowest BCUT2D eigenvalue weighted by molar-refractivity contribution is 0.122. The number of imidazole rings is 1. The van der Waals surface area contributed by atoms with Gasteiger partial charge in [-0.1, -0.05) is 0 Å². The molecule has 1 fully saturated rings. The maximum atomic E-state index is 5.45. The van der Waals surface area contributed by atoms with Crippen molar-refractivity contribution in [3.63, 3.8) is 0 Å². The predicted octanol–water partition coefficient (Wildman–Crippen LogP) is 3.63. The van der Waals surface area contributed by atoms with Crippen LogP contribution in [0.5, 0.6) is 0 Å². The van der Waals surface area contributed by atoms with Crippen LogP contribution in [0.1, 0.15) is 5.82 Å². The molecule has 0 radical (unpaired) electrons. The minimum Gasteiger partial charge on any atom is -0.378 e. The third-order valence-corrected chi connectivity index (χ3v) is 5.13. The van der Waals surface area contributed by atoms with Crippen LogP contribution in [0.25, 0.3) is 28.1 Å². The topological polar surface area (TPSA) is 56.1 Å². The van der Waals surface area contributed by atoms with E-state index in [2.05, 4.69) is 38.7 Å². The summed E-state index contributed by atoms with van der Waals surface area (Å²) in [6, 6.07) is 16.6. The van der Waals surface area contributed by atoms with Gasteiger partial charge in [0, 0.05) is 42.4 Å². The van der Waals surface area contributed by atoms with Crippen molar-refractivity contribution >= 4 is 16.9 Å². The Morgan fingerprint density at radius 2 is 1.54 bits per heavy atom. The fraction of sp³-hybridized carbons (Fsp3) is 0.227. The van der Waals surface area contributed by atoms with Crippen molar-refractivity contribution in [2.24, 2.45) is 0 Å². The second-order valence-corrected chi connectivity index (χ2v) is 6.89. The molecule has 1 saturated heterocycles. The van der Waals surface area contributed by atoms with Crippen molar-refractivity contribution in [3.05, 3.63) is 66.7 Å². The first-order chi connectivity index (χ1) is 13.8. The number of nitrogens with zero attached hydrogens (tertiary/aromatic N) is 5. The van der Waals surface area contributed by atoms with Gasteiger partial charge in [-0.3, -0.25) is 9.55 Å². The zero-order chi connectivity index (χ0) is 18.9. The Bertz CT molecular complexity index is 1100. The smallest absolute Gasteiger partial charge is 0.165 e. The first-order valence-corrected chi connectivity index (χ1v) is 9.49. The van der Waals surface area contributed by atoms with Gasteiger partial charge in [0.05, 0.1) is 18.9 Å². The summed E-state index contributed by atoms with van der Waals surface area (Å²) in [7, 11) is 0. The molecule has 0 unspecified atom stereocenters. The van der Waals surface area contributed by atoms with Gasteiger partial charge in [0.25, 0.3) is 0 Å². The molecule has 4 aromatic rings. The van der Waals surface area contributed by atoms with Crippen molar-refractivity contribution in [1.29, 1.82) is 0 Å². The van der Waals surface area contributed by atoms with Crippen LogP contribution < -0.4 is 4.90 Å². The lowest BCUT2D eigenvalue weighted by Gasteiger charge is -2.29. The molecule has 1 aliphatic rings. The lowest BCUT2D eigenvalue weighted by Crippen LogP contribution is -2.36. The van der Waals surface area contributed by atoms with Gasteiger partial charge in [-0.05, 0) is 55.5 Å². The summed E-state index contributed by atoms with van der Waals surface area (Å²) in [5, 5.41) is 0. The van der Waals surface area contributed by atoms with Gasteiger partial charge in [-0.2, -0.15) is 0 Å². The Labute approximate surface area is 163 Å². The van der Waals surface area contributed by atoms with Crippen molar-refractivity contribution in [2.45, 2.75) is 6.92 Å². The minimum absolute atomic E-state index is 0.786. The largest absolute Gasteiger partial charge is 0.378 e. The third kappa shape index (κ3) is 3.01. The molecule has 6 nitrogen and oxygen atoms in total. The van der Waals surface area contributed by atoms with E-state index >= 15 is 0 Å². The Kier molecular flexibility index (Phi) is 4.25. The lowest BCUT2D eigenvalue weighted by atomic mass is 10.2. The molecule has 0 N–H and O–H groups in total. The summed E-state index contributed by atoms with van der Waals surface area (Å²) >= 11 is 0. The van der Waals surface area contributed by atoms with Gasteiger partial charge in [0.1, 0.15) is 11.3 Å². The van der Waals surface area contributed by atoms with E-state index in [0.717, 1.165) is 60.2 Å². The van der Waals surface area contributed by atoms with E-state index in [1.807, 2.05) is 31.2 Å². The molecule has 1 aliphatic heterocycles. The van der Waals surface area contributed by atoms with Crippen LogP contribution in [0.2, 0.25) is 0 Å². The van der Waals surface area contributed by atoms with E-state index in [1.165, 1.54) is 5.69 Å². The summed E-state index contributed by atoms with van der Waals surface area (Å²) in [4.78, 5) is 16.0. The Hall–Kier alpha value is -3.25. The predicted molar refractivity (Wildman–Crippen MR) is 110 cm³/mol. The highest BCUT2D eigenvalue weighted by atomic mass is 16.5. The number of pyridine rings is 2. The highest BCUT2D eigenvalue weighted by Crippen LogP contribution is 2.25. The number of aromatic nitrogens is 4. The number of fused-ring (bicyclic) bond motifs is 1. The van der Waals surface area contributed by atoms with Gasteiger partial charge in [-0.25, -0.2) is 9.97 Å². The molecule has 0 saturated carbocycles. The molecule has 0 amide bonds. The quantitative estimate of drug-likeness (QED) is 0.550. The first-order valence-electron chi connectivity index (χ1n) is 9.49. The second-order valence-electron chi connectivity index (χ2n) is 6.89. The Morgan fingerprint density at radius 1 is 0.821 bits per heavy atom. The molecular formula is C22H21N5O. The summed E-state index contributed by atoms with van der Waals surface area (Å²) < 4.78 is 7.56. The highest BCUT2D eigenvalue weighted by Gasteiger charge is 2.14. The zero-order valence-electron chi connectivity index (χ0n) is 15.7. The number of benzene rings is 1. The van der Waals surface area contributed by atoms with Crippen molar-refractivity contribution < 1.29 is 4.74 Å². The summed E-state index contributed by atoms with van der Waals surface area (Å²) in [6.07, 6.45) is 3.57. The summed E-state index contributed by atoms with van der Waals surface area (Å²) in [6.45, 7) is 5.46. The fourth-order valence-electron chi connectivity index (χ4n) is 3.70. The van der Waals surface area contributed by atoms with Gasteiger partial charge >= 0.3 is 0 Å². The molecule has 140 valence electrons. The molecule has 0 bridgehead atoms. The second kappa shape index (κ2) is 7.05. The van der Waals surface area contributed by atoms with Crippen molar-refractivity contribution in [3.8, 4) is 16.9 Å². The molecule has 5 rings (SSSR count). The number of anilines is 1. The summed E-state index contributed by atoms with van der Waals surface area (Å²) in [5.74, 6) is 0.925. The van der Waals surface area contributed by atoms with Crippen LogP contribution in [0.4, 0.5) is 5.69 Å². The number of hydrogen-bond acceptors (Lipinski definition) is 5. The molecule has 0 spiro atoms. The molecule has 3 aromatic heterocycles. The monoisotopic (exact) mass is 371 g/mol. The standard InChI is InChI=1S/C22H21N5O/c1-16-24-21-7-6-20(17-8-10-23-11-9-17)25-22(21)27(16)19-4-2-18(3-5-19)26-12-14-28-15-13-26/h2-11H,12-15H2,1H3. The van der Waals surface area contributed by atoms with Crippen LogP contribution in [0, 0.1) is 6.92 Å². The third-order valence-electron chi connectivity index (χ3n) is 5.13. The first kappa shape index (κ1) is 16.9. The van der Waals surface area contributed by atoms with E-state index in [9.17, 15) is 0 Å². The number of rotatable bonds is 3. The van der Waals surface area contributed by atoms with E-state index < -0.39 is 0 Å². The van der Waals surface area contributed by atoms with Crippen LogP contribution in [-0.4, -0.2) is 45.8 Å². The van der Waals surface area contributed by atoms with E-state index in [1.54, 1.807) is 12.4 Å². The van der Waals surface area contributed by atoms with E-state index in [4.69, 9.17) is 14.7 Å². The van der Waals surface area contributed by atoms with Crippen LogP contribution in [0.3, 0.4) is 0 Å². The van der Waals surface area contributed by atoms with Crippen LogP contribution >= 0.6 is 0 Å². The maximum Gasteiger partial charge on any atom is 0.165 e. The number of aryl methyl sites for hydroxylation is 1. The Balaban J connectivity index is 1.55. The van der Waals surface area contributed by atoms with Gasteiger partial charge < -0.3 is 9.64 Å². The van der Waals surface area contributed by atoms with E-state index in [0.29, 0.717) is 0 Å². The maximum absolute atomic E-state index is 5.45. The van der Waals surface area contributed by atoms with Gasteiger partial charge in [0.2, 0.25) is 0 Å². The van der Waals surface area contributed by atoms with Gasteiger partial charge in [-0.15, -0.1) is 0 Å². The normalized spacial score (nSPS) is 14.5. The molecule has 28 heavy (non-hydrogen) atoms. The van der Waals surface area contributed by atoms with Crippen LogP contribution in [0.15, 0.2) is 60.9 Å². The molecule has 0 atom stereocenters. The fourth-order valence-corrected chi connectivity index (χ4v) is 3.70. The average molecular weight is 371 g/mol. The highest BCUT2D eigenvalue weighted by molar-refractivity contribution is 5.78. The molecule has 4 heterocycles. The van der Waals surface area contributed by atoms with E-state index in [-0.39, 0.29) is 0 Å². The molecular weight excluding hydrogens is 350 g/mol.